The average Bonchev–Trinajstić information content (AvgIpc) is 3.23. The molecule has 0 saturated heterocycles. The monoisotopic (exact) mass is 487 g/mol. The second-order valence-electron chi connectivity index (χ2n) is 8.22. The standard InChI is InChI=1S/C23H23BrO7/c1-23(24,10-25)19-7-13-14(30-19)5-4-11-21(26)20-12-6-16(27-2)17(28-3)8-15(12)29-9-18(20)31-22(11)13/h4-6,8,18-20,25H,7,9-10H2,1-3H3/t18-,19?,20+,23-/m1/s1/i24-4. The molecule has 3 aliphatic rings. The number of methoxy groups -OCH3 is 2. The number of benzene rings is 2. The molecule has 0 bridgehead atoms. The van der Waals surface area contributed by atoms with Gasteiger partial charge in [-0.15, -0.1) is 0 Å². The van der Waals surface area contributed by atoms with E-state index in [9.17, 15) is 9.90 Å². The molecule has 3 heterocycles. The zero-order valence-electron chi connectivity index (χ0n) is 17.4. The van der Waals surface area contributed by atoms with E-state index in [-0.39, 0.29) is 25.1 Å². The van der Waals surface area contributed by atoms with Crippen molar-refractivity contribution in [1.82, 2.24) is 0 Å². The van der Waals surface area contributed by atoms with Crippen molar-refractivity contribution < 1.29 is 33.6 Å². The number of ether oxygens (including phenoxy) is 5. The minimum atomic E-state index is -0.595. The molecule has 3 aliphatic heterocycles. The molecule has 2 aromatic rings. The highest BCUT2D eigenvalue weighted by atomic mass is 75.9. The Kier molecular flexibility index (Phi) is 4.82. The number of fused-ring (bicyclic) bond motifs is 6. The number of alkyl halides is 1. The van der Waals surface area contributed by atoms with Crippen LogP contribution in [0, 0.1) is 0 Å². The maximum Gasteiger partial charge on any atom is 0.178 e. The molecule has 0 aliphatic carbocycles. The number of carbonyl (C=O) groups excluding carboxylic acids is 1. The van der Waals surface area contributed by atoms with Gasteiger partial charge in [-0.2, -0.15) is 0 Å². The van der Waals surface area contributed by atoms with E-state index in [2.05, 4.69) is 15.9 Å². The molecule has 1 N–H and O–H groups in total. The van der Waals surface area contributed by atoms with Crippen LogP contribution < -0.4 is 23.7 Å². The van der Waals surface area contributed by atoms with Crippen LogP contribution in [0.4, 0.5) is 0 Å². The lowest BCUT2D eigenvalue weighted by atomic mass is 9.81. The molecule has 4 atom stereocenters. The first kappa shape index (κ1) is 20.5. The predicted molar refractivity (Wildman–Crippen MR) is 116 cm³/mol. The van der Waals surface area contributed by atoms with Gasteiger partial charge in [0.15, 0.2) is 17.3 Å². The summed E-state index contributed by atoms with van der Waals surface area (Å²) in [5, 5.41) is 9.69. The molecule has 31 heavy (non-hydrogen) atoms. The van der Waals surface area contributed by atoms with Gasteiger partial charge in [-0.05, 0) is 25.1 Å². The molecule has 1 unspecified atom stereocenters. The Labute approximate surface area is 188 Å². The van der Waals surface area contributed by atoms with Crippen molar-refractivity contribution in [3.05, 3.63) is 41.0 Å². The van der Waals surface area contributed by atoms with Crippen molar-refractivity contribution in [3.63, 3.8) is 0 Å². The first-order valence-electron chi connectivity index (χ1n) is 10.1. The van der Waals surface area contributed by atoms with Gasteiger partial charge < -0.3 is 28.8 Å². The number of hydrogen-bond donors (Lipinski definition) is 1. The van der Waals surface area contributed by atoms with Crippen LogP contribution >= 0.6 is 15.9 Å². The van der Waals surface area contributed by atoms with Crippen molar-refractivity contribution in [2.45, 2.75) is 35.8 Å². The van der Waals surface area contributed by atoms with E-state index in [1.165, 1.54) is 0 Å². The highest BCUT2D eigenvalue weighted by molar-refractivity contribution is 9.10. The fraction of sp³-hybridized carbons (Fsp3) is 0.435. The fourth-order valence-electron chi connectivity index (χ4n) is 4.50. The Bertz CT molecular complexity index is 1060. The van der Waals surface area contributed by atoms with Gasteiger partial charge in [0.05, 0.1) is 36.6 Å². The zero-order chi connectivity index (χ0) is 21.9. The van der Waals surface area contributed by atoms with E-state index in [0.717, 1.165) is 11.1 Å². The second kappa shape index (κ2) is 7.31. The SMILES string of the molecule is COc1cc2c(cc1OC)[C@@H]1C(=O)c3ccc4c(c3O[C@@H]1CO2)CC([C@](C)([76Br])CO)O4. The number of rotatable bonds is 4. The molecule has 7 nitrogen and oxygen atoms in total. The normalized spacial score (nSPS) is 24.9. The second-order valence-corrected chi connectivity index (χ2v) is 10.0. The number of Topliss-reactive ketones (excluding diaryl/α,β-unsaturated/α-hetero) is 1. The lowest BCUT2D eigenvalue weighted by molar-refractivity contribution is 0.0554. The van der Waals surface area contributed by atoms with E-state index in [1.807, 2.05) is 13.0 Å². The molecule has 0 fully saturated rings. The number of carbonyl (C=O) groups is 1. The molecule has 0 spiro atoms. The van der Waals surface area contributed by atoms with Gasteiger partial charge >= 0.3 is 0 Å². The Balaban J connectivity index is 1.55. The van der Waals surface area contributed by atoms with Gasteiger partial charge in [0.2, 0.25) is 0 Å². The quantitative estimate of drug-likeness (QED) is 0.663. The number of halogens is 1. The Hall–Kier alpha value is -2.45. The lowest BCUT2D eigenvalue weighted by Crippen LogP contribution is -2.43. The van der Waals surface area contributed by atoms with E-state index >= 15 is 0 Å². The topological polar surface area (TPSA) is 83.5 Å². The molecule has 8 heteroatoms. The maximum atomic E-state index is 13.6. The van der Waals surface area contributed by atoms with Crippen molar-refractivity contribution in [3.8, 4) is 28.7 Å². The minimum Gasteiger partial charge on any atom is -0.493 e. The van der Waals surface area contributed by atoms with Crippen molar-refractivity contribution >= 4 is 21.7 Å². The van der Waals surface area contributed by atoms with Gasteiger partial charge in [0.25, 0.3) is 0 Å². The summed E-state index contributed by atoms with van der Waals surface area (Å²) in [6.45, 7) is 2.05. The number of aliphatic hydroxyl groups is 1. The fourth-order valence-corrected chi connectivity index (χ4v) is 4.76. The number of ketones is 1. The van der Waals surface area contributed by atoms with Crippen LogP contribution in [0.15, 0.2) is 24.3 Å². The molecule has 2 aromatic carbocycles. The summed E-state index contributed by atoms with van der Waals surface area (Å²) in [6.07, 6.45) is -0.187. The van der Waals surface area contributed by atoms with Gasteiger partial charge in [-0.25, -0.2) is 0 Å². The molecule has 5 rings (SSSR count). The molecular formula is C23H23BrO7. The van der Waals surface area contributed by atoms with Crippen LogP contribution in [0.5, 0.6) is 28.7 Å². The number of hydrogen-bond acceptors (Lipinski definition) is 7. The number of aliphatic hydroxyl groups excluding tert-OH is 1. The van der Waals surface area contributed by atoms with Crippen LogP contribution in [-0.2, 0) is 6.42 Å². The molecule has 164 valence electrons. The summed E-state index contributed by atoms with van der Waals surface area (Å²) < 4.78 is 28.5. The van der Waals surface area contributed by atoms with Crippen LogP contribution in [0.2, 0.25) is 0 Å². The summed E-state index contributed by atoms with van der Waals surface area (Å²) in [5.41, 5.74) is 2.12. The third-order valence-corrected chi connectivity index (χ3v) is 7.06. The first-order valence-corrected chi connectivity index (χ1v) is 10.9. The van der Waals surface area contributed by atoms with Crippen molar-refractivity contribution in [1.29, 1.82) is 0 Å². The third kappa shape index (κ3) is 3.07. The van der Waals surface area contributed by atoms with Crippen LogP contribution in [-0.4, -0.2) is 54.9 Å². The first-order chi connectivity index (χ1) is 14.9. The average molecular weight is 487 g/mol. The predicted octanol–water partition coefficient (Wildman–Crippen LogP) is 3.27. The van der Waals surface area contributed by atoms with Crippen molar-refractivity contribution in [2.24, 2.45) is 0 Å². The Morgan fingerprint density at radius 2 is 1.90 bits per heavy atom. The lowest BCUT2D eigenvalue weighted by Gasteiger charge is -2.37. The molecule has 0 amide bonds. The van der Waals surface area contributed by atoms with E-state index in [1.54, 1.807) is 32.4 Å². The van der Waals surface area contributed by atoms with E-state index in [0.29, 0.717) is 40.7 Å². The molecular weight excluding hydrogens is 464 g/mol. The van der Waals surface area contributed by atoms with E-state index in [4.69, 9.17) is 23.7 Å². The highest BCUT2D eigenvalue weighted by Gasteiger charge is 2.47. The largest absolute Gasteiger partial charge is 0.493 e. The van der Waals surface area contributed by atoms with Gasteiger partial charge in [-0.3, -0.25) is 4.79 Å². The summed E-state index contributed by atoms with van der Waals surface area (Å²) in [6, 6.07) is 7.11. The van der Waals surface area contributed by atoms with Gasteiger partial charge in [-0.1, -0.05) is 15.9 Å². The Morgan fingerprint density at radius 1 is 1.16 bits per heavy atom. The van der Waals surface area contributed by atoms with Gasteiger partial charge in [0.1, 0.15) is 36.1 Å². The molecule has 0 saturated carbocycles. The maximum absolute atomic E-state index is 13.6. The third-order valence-electron chi connectivity index (χ3n) is 6.30. The Morgan fingerprint density at radius 3 is 2.61 bits per heavy atom. The minimum absolute atomic E-state index is 0.0157. The zero-order valence-corrected chi connectivity index (χ0v) is 19.0. The smallest absolute Gasteiger partial charge is 0.178 e. The van der Waals surface area contributed by atoms with Crippen LogP contribution in [0.3, 0.4) is 0 Å². The highest BCUT2D eigenvalue weighted by Crippen LogP contribution is 2.50. The van der Waals surface area contributed by atoms with Crippen molar-refractivity contribution in [2.75, 3.05) is 27.4 Å². The molecule has 0 aromatic heterocycles. The van der Waals surface area contributed by atoms with Crippen LogP contribution in [0.25, 0.3) is 0 Å². The summed E-state index contributed by atoms with van der Waals surface area (Å²) in [7, 11) is 3.12. The molecule has 0 radical (unpaired) electrons. The summed E-state index contributed by atoms with van der Waals surface area (Å²) >= 11 is 3.55. The van der Waals surface area contributed by atoms with Crippen LogP contribution in [0.1, 0.15) is 34.3 Å². The summed E-state index contributed by atoms with van der Waals surface area (Å²) in [4.78, 5) is 13.6. The van der Waals surface area contributed by atoms with E-state index < -0.39 is 16.3 Å². The van der Waals surface area contributed by atoms with Gasteiger partial charge in [0, 0.05) is 23.6 Å². The summed E-state index contributed by atoms with van der Waals surface area (Å²) in [5.74, 6) is 2.41.